The Hall–Kier alpha value is -0.210. The van der Waals surface area contributed by atoms with Crippen LogP contribution in [0.15, 0.2) is 10.6 Å². The first kappa shape index (κ1) is 10.9. The van der Waals surface area contributed by atoms with Crippen LogP contribution in [0.2, 0.25) is 0 Å². The molecule has 4 heteroatoms. The quantitative estimate of drug-likeness (QED) is 0.781. The first-order chi connectivity index (χ1) is 5.84. The maximum atomic E-state index is 10.7. The number of hydrogen-bond acceptors (Lipinski definition) is 1. The lowest BCUT2D eigenvalue weighted by molar-refractivity contribution is -0.153. The van der Waals surface area contributed by atoms with Gasteiger partial charge in [0.1, 0.15) is 4.49 Å². The van der Waals surface area contributed by atoms with Gasteiger partial charge in [0.25, 0.3) is 0 Å². The molecule has 0 radical (unpaired) electrons. The highest BCUT2D eigenvalue weighted by atomic mass is 35.5. The van der Waals surface area contributed by atoms with E-state index in [9.17, 15) is 4.79 Å². The highest BCUT2D eigenvalue weighted by molar-refractivity contribution is 6.55. The summed E-state index contributed by atoms with van der Waals surface area (Å²) in [6.07, 6.45) is 2.32. The smallest absolute Gasteiger partial charge is 0.307 e. The molecule has 0 bridgehead atoms. The number of halogens is 2. The van der Waals surface area contributed by atoms with E-state index in [1.54, 1.807) is 6.08 Å². The molecule has 1 rings (SSSR count). The predicted octanol–water partition coefficient (Wildman–Crippen LogP) is 3.05. The molecule has 0 aliphatic heterocycles. The molecule has 0 saturated heterocycles. The molecule has 1 aliphatic carbocycles. The molecule has 1 aliphatic rings. The van der Waals surface area contributed by atoms with Crippen LogP contribution in [0.1, 0.15) is 20.3 Å². The Morgan fingerprint density at radius 2 is 2.08 bits per heavy atom. The first-order valence-corrected chi connectivity index (χ1v) is 4.86. The zero-order chi connectivity index (χ0) is 10.2. The minimum Gasteiger partial charge on any atom is -0.481 e. The monoisotopic (exact) mass is 222 g/mol. The van der Waals surface area contributed by atoms with Gasteiger partial charge in [-0.1, -0.05) is 37.0 Å². The second-order valence-corrected chi connectivity index (χ2v) is 5.13. The molecular weight excluding hydrogens is 211 g/mol. The Labute approximate surface area is 87.5 Å². The lowest BCUT2D eigenvalue weighted by Crippen LogP contribution is -2.46. The summed E-state index contributed by atoms with van der Waals surface area (Å²) in [5.41, 5.74) is -0.00190. The van der Waals surface area contributed by atoms with Crippen molar-refractivity contribution in [1.29, 1.82) is 0 Å². The molecule has 2 atom stereocenters. The van der Waals surface area contributed by atoms with Gasteiger partial charge in [-0.3, -0.25) is 4.79 Å². The Bertz CT molecular complexity index is 254. The molecule has 1 saturated carbocycles. The van der Waals surface area contributed by atoms with E-state index in [1.807, 2.05) is 13.8 Å². The average Bonchev–Trinajstić information content (AvgIpc) is 1.96. The molecule has 1 N–H and O–H groups in total. The third-order valence-corrected chi connectivity index (χ3v) is 2.96. The van der Waals surface area contributed by atoms with Gasteiger partial charge in [0.2, 0.25) is 0 Å². The first-order valence-electron chi connectivity index (χ1n) is 4.10. The van der Waals surface area contributed by atoms with Crippen LogP contribution >= 0.6 is 23.2 Å². The zero-order valence-electron chi connectivity index (χ0n) is 7.55. The lowest BCUT2D eigenvalue weighted by atomic mass is 9.56. The van der Waals surface area contributed by atoms with Gasteiger partial charge >= 0.3 is 5.97 Å². The van der Waals surface area contributed by atoms with E-state index >= 15 is 0 Å². The molecule has 0 aromatic carbocycles. The summed E-state index contributed by atoms with van der Waals surface area (Å²) in [7, 11) is 0. The van der Waals surface area contributed by atoms with Gasteiger partial charge < -0.3 is 5.11 Å². The van der Waals surface area contributed by atoms with E-state index in [2.05, 4.69) is 0 Å². The number of hydrogen-bond donors (Lipinski definition) is 1. The van der Waals surface area contributed by atoms with E-state index in [-0.39, 0.29) is 21.7 Å². The largest absolute Gasteiger partial charge is 0.481 e. The molecule has 1 fully saturated rings. The van der Waals surface area contributed by atoms with Crippen molar-refractivity contribution in [3.8, 4) is 0 Å². The summed E-state index contributed by atoms with van der Waals surface area (Å²) in [6.45, 7) is 4.04. The van der Waals surface area contributed by atoms with Crippen LogP contribution in [0.3, 0.4) is 0 Å². The summed E-state index contributed by atoms with van der Waals surface area (Å²) in [6, 6.07) is 0. The van der Waals surface area contributed by atoms with Crippen molar-refractivity contribution in [1.82, 2.24) is 0 Å². The number of rotatable bonds is 2. The number of carbonyl (C=O) groups is 1. The number of carboxylic acids is 1. The van der Waals surface area contributed by atoms with Gasteiger partial charge in [0, 0.05) is 0 Å². The minimum atomic E-state index is -0.768. The maximum Gasteiger partial charge on any atom is 0.307 e. The summed E-state index contributed by atoms with van der Waals surface area (Å²) in [4.78, 5) is 10.7. The Kier molecular flexibility index (Phi) is 2.93. The van der Waals surface area contributed by atoms with E-state index in [4.69, 9.17) is 28.3 Å². The van der Waals surface area contributed by atoms with Crippen LogP contribution in [-0.2, 0) is 4.79 Å². The standard InChI is InChI=1S/C9H12Cl2O2/c1-9(2)4-5(8(12)13)6(9)3-7(10)11/h3,5-6H,4H2,1-2H3,(H,12,13)/t5-,6+/m1/s1. The van der Waals surface area contributed by atoms with E-state index < -0.39 is 5.97 Å². The second-order valence-electron chi connectivity index (χ2n) is 4.12. The fourth-order valence-corrected chi connectivity index (χ4v) is 2.20. The number of carboxylic acid groups (broad SMARTS) is 1. The Morgan fingerprint density at radius 3 is 2.38 bits per heavy atom. The lowest BCUT2D eigenvalue weighted by Gasteiger charge is -2.48. The van der Waals surface area contributed by atoms with Crippen molar-refractivity contribution in [2.24, 2.45) is 17.3 Å². The van der Waals surface area contributed by atoms with Crippen LogP contribution < -0.4 is 0 Å². The molecule has 2 nitrogen and oxygen atoms in total. The van der Waals surface area contributed by atoms with Crippen molar-refractivity contribution in [3.63, 3.8) is 0 Å². The predicted molar refractivity (Wildman–Crippen MR) is 52.8 cm³/mol. The molecular formula is C9H12Cl2O2. The van der Waals surface area contributed by atoms with Gasteiger partial charge in [0.15, 0.2) is 0 Å². The van der Waals surface area contributed by atoms with Gasteiger partial charge in [-0.15, -0.1) is 0 Å². The fraction of sp³-hybridized carbons (Fsp3) is 0.667. The highest BCUT2D eigenvalue weighted by Gasteiger charge is 2.49. The number of allylic oxidation sites excluding steroid dienone is 1. The van der Waals surface area contributed by atoms with Crippen LogP contribution in [0.5, 0.6) is 0 Å². The summed E-state index contributed by atoms with van der Waals surface area (Å²) < 4.78 is 0.157. The van der Waals surface area contributed by atoms with Crippen molar-refractivity contribution < 1.29 is 9.90 Å². The van der Waals surface area contributed by atoms with Crippen LogP contribution in [0.25, 0.3) is 0 Å². The zero-order valence-corrected chi connectivity index (χ0v) is 9.06. The molecule has 13 heavy (non-hydrogen) atoms. The normalized spacial score (nSPS) is 30.5. The Balaban J connectivity index is 2.77. The van der Waals surface area contributed by atoms with E-state index in [0.717, 1.165) is 0 Å². The SMILES string of the molecule is CC1(C)C[C@@H](C(=O)O)[C@@H]1C=C(Cl)Cl. The molecule has 0 spiro atoms. The third kappa shape index (κ3) is 2.18. The van der Waals surface area contributed by atoms with Crippen molar-refractivity contribution in [2.45, 2.75) is 20.3 Å². The minimum absolute atomic E-state index is 0.00190. The molecule has 74 valence electrons. The van der Waals surface area contributed by atoms with Crippen molar-refractivity contribution in [3.05, 3.63) is 10.6 Å². The molecule has 0 aromatic rings. The maximum absolute atomic E-state index is 10.7. The second kappa shape index (κ2) is 3.50. The molecule has 0 amide bonds. The molecule has 0 aromatic heterocycles. The van der Waals surface area contributed by atoms with Crippen LogP contribution in [0.4, 0.5) is 0 Å². The van der Waals surface area contributed by atoms with E-state index in [1.165, 1.54) is 0 Å². The van der Waals surface area contributed by atoms with Crippen LogP contribution in [0, 0.1) is 17.3 Å². The summed E-state index contributed by atoms with van der Waals surface area (Å²) in [5, 5.41) is 8.83. The van der Waals surface area contributed by atoms with Crippen molar-refractivity contribution >= 4 is 29.2 Å². The average molecular weight is 223 g/mol. The summed E-state index contributed by atoms with van der Waals surface area (Å²) >= 11 is 11.0. The van der Waals surface area contributed by atoms with E-state index in [0.29, 0.717) is 6.42 Å². The van der Waals surface area contributed by atoms with Gasteiger partial charge in [-0.25, -0.2) is 0 Å². The number of aliphatic carboxylic acids is 1. The molecule has 0 heterocycles. The fourth-order valence-electron chi connectivity index (χ4n) is 1.93. The van der Waals surface area contributed by atoms with Gasteiger partial charge in [-0.05, 0) is 23.8 Å². The van der Waals surface area contributed by atoms with Gasteiger partial charge in [0.05, 0.1) is 5.92 Å². The Morgan fingerprint density at radius 1 is 1.54 bits per heavy atom. The highest BCUT2D eigenvalue weighted by Crippen LogP contribution is 2.52. The van der Waals surface area contributed by atoms with Crippen LogP contribution in [-0.4, -0.2) is 11.1 Å². The van der Waals surface area contributed by atoms with Crippen molar-refractivity contribution in [2.75, 3.05) is 0 Å². The topological polar surface area (TPSA) is 37.3 Å². The summed E-state index contributed by atoms with van der Waals surface area (Å²) in [5.74, 6) is -1.15. The van der Waals surface area contributed by atoms with Gasteiger partial charge in [-0.2, -0.15) is 0 Å². The third-order valence-electron chi connectivity index (χ3n) is 2.70. The molecule has 0 unspecified atom stereocenters.